The van der Waals surface area contributed by atoms with Crippen molar-refractivity contribution in [2.45, 2.75) is 50.2 Å². The van der Waals surface area contributed by atoms with Crippen LogP contribution < -0.4 is 0 Å². The summed E-state index contributed by atoms with van der Waals surface area (Å²) >= 11 is 0. The minimum atomic E-state index is -0.513. The van der Waals surface area contributed by atoms with Gasteiger partial charge < -0.3 is 18.8 Å². The van der Waals surface area contributed by atoms with Gasteiger partial charge in [0.2, 0.25) is 5.89 Å². The van der Waals surface area contributed by atoms with Crippen molar-refractivity contribution in [1.82, 2.24) is 15.0 Å². The minimum Gasteiger partial charge on any atom is -0.467 e. The molecule has 0 unspecified atom stereocenters. The number of aliphatic hydroxyl groups excluding tert-OH is 1. The molecule has 0 amide bonds. The second-order valence-electron chi connectivity index (χ2n) is 7.11. The Morgan fingerprint density at radius 3 is 3.04 bits per heavy atom. The van der Waals surface area contributed by atoms with Crippen molar-refractivity contribution >= 4 is 0 Å². The topological polar surface area (TPSA) is 84.8 Å². The molecular weight excluding hydrogens is 322 g/mol. The van der Waals surface area contributed by atoms with Crippen molar-refractivity contribution in [2.24, 2.45) is 0 Å². The predicted molar refractivity (Wildman–Crippen MR) is 89.1 cm³/mol. The SMILES string of the molecule is O[C@@H](COCc1ccco1)CN1CCC[C@H](c2noc(C3CC3)n2)C1. The lowest BCUT2D eigenvalue weighted by atomic mass is 9.97. The Labute approximate surface area is 147 Å². The summed E-state index contributed by atoms with van der Waals surface area (Å²) in [4.78, 5) is 6.85. The monoisotopic (exact) mass is 347 g/mol. The van der Waals surface area contributed by atoms with Crippen LogP contribution in [0.2, 0.25) is 0 Å². The molecule has 7 heteroatoms. The summed E-state index contributed by atoms with van der Waals surface area (Å²) in [7, 11) is 0. The second kappa shape index (κ2) is 7.68. The molecule has 3 heterocycles. The molecule has 25 heavy (non-hydrogen) atoms. The lowest BCUT2D eigenvalue weighted by molar-refractivity contribution is 0.00104. The van der Waals surface area contributed by atoms with Gasteiger partial charge in [0, 0.05) is 24.9 Å². The number of aliphatic hydroxyl groups is 1. The Morgan fingerprint density at radius 2 is 2.24 bits per heavy atom. The zero-order valence-corrected chi connectivity index (χ0v) is 14.3. The highest BCUT2D eigenvalue weighted by Crippen LogP contribution is 2.39. The van der Waals surface area contributed by atoms with E-state index in [0.717, 1.165) is 43.4 Å². The summed E-state index contributed by atoms with van der Waals surface area (Å²) in [6.45, 7) is 3.13. The molecular formula is C18H25N3O4. The highest BCUT2D eigenvalue weighted by atomic mass is 16.5. The van der Waals surface area contributed by atoms with Gasteiger partial charge in [-0.2, -0.15) is 4.98 Å². The second-order valence-corrected chi connectivity index (χ2v) is 7.11. The van der Waals surface area contributed by atoms with E-state index in [0.29, 0.717) is 31.6 Å². The average molecular weight is 347 g/mol. The number of aromatic nitrogens is 2. The van der Waals surface area contributed by atoms with Crippen LogP contribution in [0.1, 0.15) is 55.0 Å². The van der Waals surface area contributed by atoms with Crippen LogP contribution in [0.4, 0.5) is 0 Å². The fraction of sp³-hybridized carbons (Fsp3) is 0.667. The number of rotatable bonds is 8. The van der Waals surface area contributed by atoms with Crippen LogP contribution in [0.3, 0.4) is 0 Å². The van der Waals surface area contributed by atoms with Gasteiger partial charge >= 0.3 is 0 Å². The van der Waals surface area contributed by atoms with Crippen molar-refractivity contribution in [3.63, 3.8) is 0 Å². The maximum atomic E-state index is 10.2. The number of ether oxygens (including phenoxy) is 1. The van der Waals surface area contributed by atoms with Crippen LogP contribution in [0, 0.1) is 0 Å². The third kappa shape index (κ3) is 4.48. The Hall–Kier alpha value is -1.70. The van der Waals surface area contributed by atoms with E-state index in [2.05, 4.69) is 15.0 Å². The van der Waals surface area contributed by atoms with Gasteiger partial charge in [-0.05, 0) is 44.4 Å². The van der Waals surface area contributed by atoms with E-state index in [1.54, 1.807) is 6.26 Å². The van der Waals surface area contributed by atoms with Crippen LogP contribution in [0.5, 0.6) is 0 Å². The van der Waals surface area contributed by atoms with Gasteiger partial charge in [0.25, 0.3) is 0 Å². The van der Waals surface area contributed by atoms with Crippen molar-refractivity contribution in [2.75, 3.05) is 26.2 Å². The van der Waals surface area contributed by atoms with Gasteiger partial charge in [-0.1, -0.05) is 5.16 Å². The van der Waals surface area contributed by atoms with E-state index in [-0.39, 0.29) is 0 Å². The lowest BCUT2D eigenvalue weighted by Crippen LogP contribution is -2.41. The van der Waals surface area contributed by atoms with Crippen molar-refractivity contribution in [1.29, 1.82) is 0 Å². The quantitative estimate of drug-likeness (QED) is 0.784. The smallest absolute Gasteiger partial charge is 0.229 e. The van der Waals surface area contributed by atoms with Gasteiger partial charge in [0.05, 0.1) is 19.0 Å². The van der Waals surface area contributed by atoms with Gasteiger partial charge in [-0.25, -0.2) is 0 Å². The largest absolute Gasteiger partial charge is 0.467 e. The first-order chi connectivity index (χ1) is 12.3. The summed E-state index contributed by atoms with van der Waals surface area (Å²) in [6, 6.07) is 3.69. The molecule has 2 aromatic heterocycles. The third-order valence-electron chi connectivity index (χ3n) is 4.86. The third-order valence-corrected chi connectivity index (χ3v) is 4.86. The van der Waals surface area contributed by atoms with E-state index in [4.69, 9.17) is 13.7 Å². The number of β-amino-alcohol motifs (C(OH)–C–C–N with tert-alkyl or cyclic N) is 1. The molecule has 2 aromatic rings. The van der Waals surface area contributed by atoms with Crippen LogP contribution in [0.25, 0.3) is 0 Å². The fourth-order valence-corrected chi connectivity index (χ4v) is 3.38. The van der Waals surface area contributed by atoms with E-state index in [1.807, 2.05) is 12.1 Å². The predicted octanol–water partition coefficient (Wildman–Crippen LogP) is 2.30. The molecule has 1 saturated carbocycles. The lowest BCUT2D eigenvalue weighted by Gasteiger charge is -2.32. The Morgan fingerprint density at radius 1 is 1.32 bits per heavy atom. The number of furan rings is 1. The van der Waals surface area contributed by atoms with Gasteiger partial charge in [-0.15, -0.1) is 0 Å². The molecule has 1 aliphatic carbocycles. The first-order valence-corrected chi connectivity index (χ1v) is 9.12. The van der Waals surface area contributed by atoms with Crippen LogP contribution in [-0.4, -0.2) is 52.5 Å². The molecule has 0 aromatic carbocycles. The highest BCUT2D eigenvalue weighted by molar-refractivity contribution is 5.05. The normalized spacial score (nSPS) is 23.0. The van der Waals surface area contributed by atoms with E-state index in [9.17, 15) is 5.11 Å². The molecule has 1 saturated heterocycles. The van der Waals surface area contributed by atoms with E-state index in [1.165, 1.54) is 12.8 Å². The summed E-state index contributed by atoms with van der Waals surface area (Å²) in [5.41, 5.74) is 0. The molecule has 0 radical (unpaired) electrons. The zero-order valence-electron chi connectivity index (χ0n) is 14.3. The molecule has 1 aliphatic heterocycles. The number of nitrogens with zero attached hydrogens (tertiary/aromatic N) is 3. The number of likely N-dealkylation sites (tertiary alicyclic amines) is 1. The van der Waals surface area contributed by atoms with Gasteiger partial charge in [-0.3, -0.25) is 4.90 Å². The molecule has 136 valence electrons. The average Bonchev–Trinajstić information content (AvgIpc) is 3.12. The summed E-state index contributed by atoms with van der Waals surface area (Å²) in [6.07, 6.45) is 5.60. The van der Waals surface area contributed by atoms with Crippen molar-refractivity contribution in [3.8, 4) is 0 Å². The summed E-state index contributed by atoms with van der Waals surface area (Å²) in [5, 5.41) is 14.4. The molecule has 1 N–H and O–H groups in total. The van der Waals surface area contributed by atoms with Crippen LogP contribution in [-0.2, 0) is 11.3 Å². The van der Waals surface area contributed by atoms with Crippen LogP contribution >= 0.6 is 0 Å². The molecule has 0 bridgehead atoms. The standard InChI is InChI=1S/C18H25N3O4/c22-15(11-23-12-16-4-2-8-24-16)10-21-7-1-3-14(9-21)17-19-18(25-20-17)13-5-6-13/h2,4,8,13-15,22H,1,3,5-7,9-12H2/t14-,15+/m0/s1. The fourth-order valence-electron chi connectivity index (χ4n) is 3.38. The molecule has 7 nitrogen and oxygen atoms in total. The molecule has 2 aliphatic rings. The summed E-state index contributed by atoms with van der Waals surface area (Å²) in [5.74, 6) is 3.19. The number of hydrogen-bond donors (Lipinski definition) is 1. The number of hydrogen-bond acceptors (Lipinski definition) is 7. The molecule has 2 atom stereocenters. The first-order valence-electron chi connectivity index (χ1n) is 9.12. The zero-order chi connectivity index (χ0) is 17.1. The van der Waals surface area contributed by atoms with Crippen molar-refractivity contribution < 1.29 is 18.8 Å². The Bertz CT molecular complexity index is 653. The van der Waals surface area contributed by atoms with E-state index >= 15 is 0 Å². The van der Waals surface area contributed by atoms with Gasteiger partial charge in [0.15, 0.2) is 5.82 Å². The Balaban J connectivity index is 1.23. The van der Waals surface area contributed by atoms with Crippen molar-refractivity contribution in [3.05, 3.63) is 35.9 Å². The highest BCUT2D eigenvalue weighted by Gasteiger charge is 2.32. The molecule has 4 rings (SSSR count). The maximum Gasteiger partial charge on any atom is 0.229 e. The van der Waals surface area contributed by atoms with E-state index < -0.39 is 6.10 Å². The Kier molecular flexibility index (Phi) is 5.14. The molecule has 0 spiro atoms. The number of piperidine rings is 1. The maximum absolute atomic E-state index is 10.2. The van der Waals surface area contributed by atoms with Gasteiger partial charge in [0.1, 0.15) is 12.4 Å². The molecule has 2 fully saturated rings. The first kappa shape index (κ1) is 16.8. The minimum absolute atomic E-state index is 0.293. The summed E-state index contributed by atoms with van der Waals surface area (Å²) < 4.78 is 16.1. The van der Waals surface area contributed by atoms with Crippen LogP contribution in [0.15, 0.2) is 27.3 Å².